The summed E-state index contributed by atoms with van der Waals surface area (Å²) >= 11 is 7.81. The molecule has 5 atom stereocenters. The number of carbonyl (C=O) groups excluding carboxylic acids is 1. The fourth-order valence-corrected chi connectivity index (χ4v) is 9.35. The van der Waals surface area contributed by atoms with Gasteiger partial charge >= 0.3 is 6.18 Å². The minimum atomic E-state index is -4.26. The molecule has 4 aliphatic heterocycles. The number of amidine groups is 1. The molecule has 3 fully saturated rings. The Labute approximate surface area is 242 Å². The van der Waals surface area contributed by atoms with Gasteiger partial charge in [-0.2, -0.15) is 30.6 Å². The van der Waals surface area contributed by atoms with Crippen molar-refractivity contribution in [3.05, 3.63) is 11.0 Å². The number of fused-ring (bicyclic) bond motifs is 1. The Morgan fingerprint density at radius 1 is 1.10 bits per heavy atom. The predicted molar refractivity (Wildman–Crippen MR) is 151 cm³/mol. The topological polar surface area (TPSA) is 97.7 Å². The minimum Gasteiger partial charge on any atom is -0.356 e. The number of piperazine rings is 1. The lowest BCUT2D eigenvalue weighted by Gasteiger charge is -2.40. The van der Waals surface area contributed by atoms with Crippen molar-refractivity contribution >= 4 is 51.7 Å². The molecule has 5 rings (SSSR count). The SMILES string of the molecule is O=C(CC1CCC(NS(=O)(=O)N2CCCCC2)CC1Cl)N1CCN(C2=NC=NC3SC(CC(F)(F)F)=CC23)CC1. The zero-order chi connectivity index (χ0) is 28.5. The first-order chi connectivity index (χ1) is 19.0. The highest BCUT2D eigenvalue weighted by atomic mass is 35.5. The monoisotopic (exact) mass is 624 g/mol. The normalized spacial score (nSPS) is 32.0. The van der Waals surface area contributed by atoms with Crippen molar-refractivity contribution in [2.45, 2.75) is 74.3 Å². The Kier molecular flexibility index (Phi) is 9.40. The highest BCUT2D eigenvalue weighted by Gasteiger charge is 2.41. The van der Waals surface area contributed by atoms with E-state index in [9.17, 15) is 26.4 Å². The zero-order valence-corrected chi connectivity index (χ0v) is 24.6. The molecule has 0 aromatic heterocycles. The molecular formula is C25H36ClF3N6O3S2. The number of hydrogen-bond donors (Lipinski definition) is 1. The van der Waals surface area contributed by atoms with Crippen molar-refractivity contribution in [3.63, 3.8) is 0 Å². The van der Waals surface area contributed by atoms with Crippen molar-refractivity contribution in [2.24, 2.45) is 21.8 Å². The molecule has 1 aliphatic carbocycles. The molecule has 4 heterocycles. The molecule has 0 radical (unpaired) electrons. The Bertz CT molecular complexity index is 1140. The zero-order valence-electron chi connectivity index (χ0n) is 22.2. The highest BCUT2D eigenvalue weighted by Crippen LogP contribution is 2.44. The van der Waals surface area contributed by atoms with Crippen LogP contribution in [0.25, 0.3) is 0 Å². The summed E-state index contributed by atoms with van der Waals surface area (Å²) in [5, 5.41) is -0.622. The fourth-order valence-electron chi connectivity index (χ4n) is 6.15. The summed E-state index contributed by atoms with van der Waals surface area (Å²) in [5.41, 5.74) is 0. The summed E-state index contributed by atoms with van der Waals surface area (Å²) in [6.07, 6.45) is 2.79. The molecule has 0 spiro atoms. The van der Waals surface area contributed by atoms with Gasteiger partial charge in [0.2, 0.25) is 5.91 Å². The van der Waals surface area contributed by atoms with Crippen molar-refractivity contribution in [1.29, 1.82) is 0 Å². The van der Waals surface area contributed by atoms with Crippen LogP contribution < -0.4 is 4.72 Å². The quantitative estimate of drug-likeness (QED) is 0.456. The molecule has 0 bridgehead atoms. The maximum absolute atomic E-state index is 13.1. The van der Waals surface area contributed by atoms with Gasteiger partial charge in [0.25, 0.3) is 10.2 Å². The van der Waals surface area contributed by atoms with Gasteiger partial charge in [0, 0.05) is 57.1 Å². The molecule has 9 nitrogen and oxygen atoms in total. The highest BCUT2D eigenvalue weighted by molar-refractivity contribution is 8.04. The first-order valence-corrected chi connectivity index (χ1v) is 16.7. The van der Waals surface area contributed by atoms with Gasteiger partial charge in [-0.1, -0.05) is 12.5 Å². The van der Waals surface area contributed by atoms with E-state index in [4.69, 9.17) is 11.6 Å². The van der Waals surface area contributed by atoms with Crippen LogP contribution >= 0.6 is 23.4 Å². The largest absolute Gasteiger partial charge is 0.393 e. The lowest BCUT2D eigenvalue weighted by molar-refractivity contribution is -0.133. The molecule has 1 N–H and O–H groups in total. The average Bonchev–Trinajstić information content (AvgIpc) is 3.31. The van der Waals surface area contributed by atoms with Gasteiger partial charge in [-0.05, 0) is 42.9 Å². The van der Waals surface area contributed by atoms with Crippen LogP contribution in [-0.2, 0) is 15.0 Å². The number of piperidine rings is 1. The lowest BCUT2D eigenvalue weighted by atomic mass is 9.83. The summed E-state index contributed by atoms with van der Waals surface area (Å²) in [4.78, 5) is 25.9. The minimum absolute atomic E-state index is 0.0182. The third-order valence-corrected chi connectivity index (χ3v) is 11.7. The second kappa shape index (κ2) is 12.5. The number of nitrogens with zero attached hydrogens (tertiary/aromatic N) is 5. The van der Waals surface area contributed by atoms with Gasteiger partial charge in [-0.25, -0.2) is 4.99 Å². The smallest absolute Gasteiger partial charge is 0.356 e. The Morgan fingerprint density at radius 3 is 2.50 bits per heavy atom. The number of alkyl halides is 4. The summed E-state index contributed by atoms with van der Waals surface area (Å²) < 4.78 is 68.5. The standard InChI is InChI=1S/C25H36ClF3N6O3S2/c26-21-13-18(32-40(37,38)35-6-2-1-3-7-35)5-4-17(21)12-22(36)33-8-10-34(11-9-33)23-20-14-19(15-25(27,28)29)39-24(20)31-16-30-23/h14,16-18,20-21,24,32H,1-13,15H2. The van der Waals surface area contributed by atoms with Crippen molar-refractivity contribution in [3.8, 4) is 0 Å². The van der Waals surface area contributed by atoms with Gasteiger partial charge in [-0.3, -0.25) is 9.79 Å². The van der Waals surface area contributed by atoms with Crippen LogP contribution in [0.5, 0.6) is 0 Å². The predicted octanol–water partition coefficient (Wildman–Crippen LogP) is 3.58. The van der Waals surface area contributed by atoms with Crippen LogP contribution in [0.1, 0.15) is 51.4 Å². The first-order valence-electron chi connectivity index (χ1n) is 14.0. The van der Waals surface area contributed by atoms with E-state index in [2.05, 4.69) is 14.7 Å². The van der Waals surface area contributed by atoms with Crippen LogP contribution in [0.2, 0.25) is 0 Å². The number of carbonyl (C=O) groups is 1. The van der Waals surface area contributed by atoms with Crippen molar-refractivity contribution < 1.29 is 26.4 Å². The third-order valence-electron chi connectivity index (χ3n) is 8.29. The van der Waals surface area contributed by atoms with E-state index in [0.717, 1.165) is 31.0 Å². The van der Waals surface area contributed by atoms with E-state index >= 15 is 0 Å². The van der Waals surface area contributed by atoms with Gasteiger partial charge in [0.15, 0.2) is 0 Å². The number of halogens is 4. The number of aliphatic imine (C=N–C) groups is 2. The van der Waals surface area contributed by atoms with Crippen molar-refractivity contribution in [1.82, 2.24) is 18.8 Å². The molecule has 2 saturated heterocycles. The summed E-state index contributed by atoms with van der Waals surface area (Å²) in [6.45, 7) is 3.18. The lowest BCUT2D eigenvalue weighted by Crippen LogP contribution is -2.53. The second-order valence-electron chi connectivity index (χ2n) is 11.2. The average molecular weight is 625 g/mol. The molecular weight excluding hydrogens is 589 g/mol. The number of allylic oxidation sites excluding steroid dienone is 1. The molecule has 5 unspecified atom stereocenters. The summed E-state index contributed by atoms with van der Waals surface area (Å²) in [7, 11) is -3.52. The molecule has 15 heteroatoms. The van der Waals surface area contributed by atoms with E-state index in [1.54, 1.807) is 6.08 Å². The Hall–Kier alpha value is -1.35. The maximum Gasteiger partial charge on any atom is 0.393 e. The molecule has 224 valence electrons. The van der Waals surface area contributed by atoms with Gasteiger partial charge in [0.1, 0.15) is 17.5 Å². The van der Waals surface area contributed by atoms with E-state index in [1.807, 2.05) is 9.80 Å². The molecule has 1 saturated carbocycles. The van der Waals surface area contributed by atoms with Crippen LogP contribution in [0.15, 0.2) is 21.0 Å². The summed E-state index contributed by atoms with van der Waals surface area (Å²) in [5.74, 6) is 0.420. The van der Waals surface area contributed by atoms with Crippen LogP contribution in [0, 0.1) is 11.8 Å². The van der Waals surface area contributed by atoms with Crippen LogP contribution in [-0.4, -0.2) is 103 Å². The third kappa shape index (κ3) is 7.34. The van der Waals surface area contributed by atoms with E-state index in [-0.39, 0.29) is 39.4 Å². The second-order valence-corrected chi connectivity index (χ2v) is 14.7. The molecule has 1 amide bonds. The first kappa shape index (κ1) is 30.1. The Morgan fingerprint density at radius 2 is 1.82 bits per heavy atom. The van der Waals surface area contributed by atoms with Gasteiger partial charge < -0.3 is 9.80 Å². The number of thioether (sulfide) groups is 1. The van der Waals surface area contributed by atoms with Crippen LogP contribution in [0.3, 0.4) is 0 Å². The van der Waals surface area contributed by atoms with E-state index < -0.39 is 22.8 Å². The molecule has 0 aromatic rings. The van der Waals surface area contributed by atoms with E-state index in [1.165, 1.54) is 10.6 Å². The number of rotatable bonds is 6. The molecule has 5 aliphatic rings. The number of hydrogen-bond acceptors (Lipinski definition) is 7. The molecule has 40 heavy (non-hydrogen) atoms. The maximum atomic E-state index is 13.1. The van der Waals surface area contributed by atoms with Crippen LogP contribution in [0.4, 0.5) is 13.2 Å². The number of amides is 1. The van der Waals surface area contributed by atoms with E-state index in [0.29, 0.717) is 70.8 Å². The fraction of sp³-hybridized carbons (Fsp3) is 0.800. The summed E-state index contributed by atoms with van der Waals surface area (Å²) in [6, 6.07) is -0.229. The van der Waals surface area contributed by atoms with Crippen molar-refractivity contribution in [2.75, 3.05) is 39.3 Å². The van der Waals surface area contributed by atoms with Gasteiger partial charge in [-0.15, -0.1) is 23.4 Å². The van der Waals surface area contributed by atoms with Gasteiger partial charge in [0.05, 0.1) is 12.3 Å². The number of nitrogens with one attached hydrogen (secondary N) is 1. The molecule has 0 aromatic carbocycles. The Balaban J connectivity index is 1.08.